The summed E-state index contributed by atoms with van der Waals surface area (Å²) >= 11 is 0. The molecule has 0 aliphatic carbocycles. The number of carbonyl (C=O) groups excluding carboxylic acids is 1. The summed E-state index contributed by atoms with van der Waals surface area (Å²) in [6.45, 7) is 2.31. The van der Waals surface area contributed by atoms with Crippen molar-refractivity contribution in [2.75, 3.05) is 11.9 Å². The summed E-state index contributed by atoms with van der Waals surface area (Å²) in [5, 5.41) is 6.22. The molecule has 31 heavy (non-hydrogen) atoms. The zero-order chi connectivity index (χ0) is 22.3. The first-order valence-electron chi connectivity index (χ1n) is 9.73. The van der Waals surface area contributed by atoms with Crippen LogP contribution < -0.4 is 16.2 Å². The van der Waals surface area contributed by atoms with Crippen LogP contribution in [0.5, 0.6) is 0 Å². The SMILES string of the molecule is CC1C(=O)NCCC1Nc1ncc(-c2ccc(C(F)(F)F)cc2)c2ncn(C)c(=O)c12. The van der Waals surface area contributed by atoms with E-state index >= 15 is 0 Å². The quantitative estimate of drug-likeness (QED) is 0.666. The number of benzene rings is 1. The average Bonchev–Trinajstić information content (AvgIpc) is 2.73. The molecule has 3 heterocycles. The first-order chi connectivity index (χ1) is 14.7. The number of piperidine rings is 1. The predicted octanol–water partition coefficient (Wildman–Crippen LogP) is 2.95. The minimum Gasteiger partial charge on any atom is -0.366 e. The number of amides is 1. The standard InChI is InChI=1S/C21H20F3N5O2/c1-11-15(7-8-25-19(11)30)28-18-16-17(27-10-29(2)20(16)31)14(9-26-18)12-3-5-13(6-4-12)21(22,23)24/h3-6,9-11,15H,7-8H2,1-2H3,(H,25,30)(H,26,28). The van der Waals surface area contributed by atoms with E-state index in [1.54, 1.807) is 14.0 Å². The number of aryl methyl sites for hydroxylation is 1. The summed E-state index contributed by atoms with van der Waals surface area (Å²) in [5.41, 5.74) is 0.125. The van der Waals surface area contributed by atoms with Gasteiger partial charge in [-0.05, 0) is 24.1 Å². The molecule has 2 atom stereocenters. The molecule has 2 N–H and O–H groups in total. The molecule has 1 amide bonds. The average molecular weight is 431 g/mol. The molecule has 1 aliphatic heterocycles. The molecule has 1 saturated heterocycles. The van der Waals surface area contributed by atoms with Crippen molar-refractivity contribution in [2.45, 2.75) is 25.6 Å². The van der Waals surface area contributed by atoms with Gasteiger partial charge in [0.1, 0.15) is 11.2 Å². The molecule has 0 radical (unpaired) electrons. The van der Waals surface area contributed by atoms with Crippen LogP contribution in [0.1, 0.15) is 18.9 Å². The van der Waals surface area contributed by atoms with E-state index in [0.29, 0.717) is 35.4 Å². The zero-order valence-corrected chi connectivity index (χ0v) is 16.8. The van der Waals surface area contributed by atoms with Crippen LogP contribution in [0, 0.1) is 5.92 Å². The Labute approximate surface area is 175 Å². The second-order valence-corrected chi connectivity index (χ2v) is 7.60. The van der Waals surface area contributed by atoms with Crippen LogP contribution in [0.15, 0.2) is 41.6 Å². The van der Waals surface area contributed by atoms with Gasteiger partial charge in [-0.25, -0.2) is 9.97 Å². The molecule has 0 saturated carbocycles. The summed E-state index contributed by atoms with van der Waals surface area (Å²) in [5.74, 6) is -0.105. The number of nitrogens with one attached hydrogen (secondary N) is 2. The van der Waals surface area contributed by atoms with Crippen molar-refractivity contribution >= 4 is 22.6 Å². The van der Waals surface area contributed by atoms with E-state index in [2.05, 4.69) is 20.6 Å². The van der Waals surface area contributed by atoms with Gasteiger partial charge >= 0.3 is 6.18 Å². The Morgan fingerprint density at radius 1 is 1.16 bits per heavy atom. The lowest BCUT2D eigenvalue weighted by Gasteiger charge is -2.30. The van der Waals surface area contributed by atoms with Gasteiger partial charge in [0.25, 0.3) is 5.56 Å². The molecule has 162 valence electrons. The van der Waals surface area contributed by atoms with Crippen LogP contribution >= 0.6 is 0 Å². The van der Waals surface area contributed by atoms with Gasteiger partial charge in [0, 0.05) is 31.4 Å². The Bertz CT molecular complexity index is 1200. The van der Waals surface area contributed by atoms with Crippen LogP contribution in [-0.2, 0) is 18.0 Å². The number of nitrogens with zero attached hydrogens (tertiary/aromatic N) is 3. The molecule has 7 nitrogen and oxygen atoms in total. The van der Waals surface area contributed by atoms with Crippen LogP contribution in [0.3, 0.4) is 0 Å². The normalized spacial score (nSPS) is 19.3. The fourth-order valence-electron chi connectivity index (χ4n) is 3.69. The van der Waals surface area contributed by atoms with Gasteiger partial charge in [-0.1, -0.05) is 19.1 Å². The number of aromatic nitrogens is 3. The first-order valence-corrected chi connectivity index (χ1v) is 9.73. The topological polar surface area (TPSA) is 88.9 Å². The van der Waals surface area contributed by atoms with Crippen LogP contribution in [-0.4, -0.2) is 33.0 Å². The summed E-state index contributed by atoms with van der Waals surface area (Å²) < 4.78 is 40.0. The molecular formula is C21H20F3N5O2. The molecule has 1 aliphatic rings. The number of rotatable bonds is 3. The molecule has 2 unspecified atom stereocenters. The summed E-state index contributed by atoms with van der Waals surface area (Å²) in [7, 11) is 1.56. The summed E-state index contributed by atoms with van der Waals surface area (Å²) in [4.78, 5) is 33.7. The molecule has 1 fully saturated rings. The summed E-state index contributed by atoms with van der Waals surface area (Å²) in [6.07, 6.45) is -0.937. The number of halogens is 3. The molecule has 0 spiro atoms. The lowest BCUT2D eigenvalue weighted by molar-refractivity contribution is -0.137. The van der Waals surface area contributed by atoms with Crippen LogP contribution in [0.25, 0.3) is 22.0 Å². The number of hydrogen-bond donors (Lipinski definition) is 2. The van der Waals surface area contributed by atoms with E-state index < -0.39 is 11.7 Å². The molecule has 4 rings (SSSR count). The van der Waals surface area contributed by atoms with Gasteiger partial charge in [-0.3, -0.25) is 9.59 Å². The van der Waals surface area contributed by atoms with E-state index in [1.165, 1.54) is 29.2 Å². The fraction of sp³-hybridized carbons (Fsp3) is 0.333. The zero-order valence-electron chi connectivity index (χ0n) is 16.8. The van der Waals surface area contributed by atoms with Gasteiger partial charge in [-0.15, -0.1) is 0 Å². The largest absolute Gasteiger partial charge is 0.416 e. The lowest BCUT2D eigenvalue weighted by atomic mass is 9.94. The minimum absolute atomic E-state index is 0.0829. The Morgan fingerprint density at radius 2 is 1.87 bits per heavy atom. The highest BCUT2D eigenvalue weighted by Gasteiger charge is 2.31. The van der Waals surface area contributed by atoms with E-state index in [4.69, 9.17) is 0 Å². The number of fused-ring (bicyclic) bond motifs is 1. The molecule has 3 aromatic rings. The highest BCUT2D eigenvalue weighted by Crippen LogP contribution is 2.33. The third kappa shape index (κ3) is 3.85. The van der Waals surface area contributed by atoms with Gasteiger partial charge in [-0.2, -0.15) is 13.2 Å². The van der Waals surface area contributed by atoms with E-state index in [0.717, 1.165) is 12.1 Å². The van der Waals surface area contributed by atoms with Crippen LogP contribution in [0.2, 0.25) is 0 Å². The number of carbonyl (C=O) groups is 1. The van der Waals surface area contributed by atoms with Crippen molar-refractivity contribution in [3.05, 3.63) is 52.7 Å². The van der Waals surface area contributed by atoms with Crippen LogP contribution in [0.4, 0.5) is 19.0 Å². The minimum atomic E-state index is -4.44. The van der Waals surface area contributed by atoms with E-state index in [-0.39, 0.29) is 28.8 Å². The Morgan fingerprint density at radius 3 is 2.55 bits per heavy atom. The van der Waals surface area contributed by atoms with Gasteiger partial charge in [0.15, 0.2) is 0 Å². The molecular weight excluding hydrogens is 411 g/mol. The summed E-state index contributed by atoms with van der Waals surface area (Å²) in [6, 6.07) is 4.41. The molecule has 2 aromatic heterocycles. The maximum absolute atomic E-state index is 12.9. The second kappa shape index (κ2) is 7.68. The number of anilines is 1. The van der Waals surface area contributed by atoms with E-state index in [1.807, 2.05) is 0 Å². The Hall–Kier alpha value is -3.43. The second-order valence-electron chi connectivity index (χ2n) is 7.60. The molecule has 10 heteroatoms. The Kier molecular flexibility index (Phi) is 5.16. The third-order valence-corrected chi connectivity index (χ3v) is 5.56. The van der Waals surface area contributed by atoms with Crippen molar-refractivity contribution in [3.63, 3.8) is 0 Å². The first kappa shape index (κ1) is 20.8. The molecule has 1 aromatic carbocycles. The number of hydrogen-bond acceptors (Lipinski definition) is 5. The van der Waals surface area contributed by atoms with Crippen molar-refractivity contribution in [1.29, 1.82) is 0 Å². The van der Waals surface area contributed by atoms with Gasteiger partial charge < -0.3 is 15.2 Å². The number of alkyl halides is 3. The highest BCUT2D eigenvalue weighted by atomic mass is 19.4. The monoisotopic (exact) mass is 431 g/mol. The van der Waals surface area contributed by atoms with Gasteiger partial charge in [0.05, 0.1) is 23.3 Å². The van der Waals surface area contributed by atoms with Gasteiger partial charge in [0.2, 0.25) is 5.91 Å². The van der Waals surface area contributed by atoms with Crippen molar-refractivity contribution in [1.82, 2.24) is 19.9 Å². The van der Waals surface area contributed by atoms with Crippen molar-refractivity contribution < 1.29 is 18.0 Å². The van der Waals surface area contributed by atoms with E-state index in [9.17, 15) is 22.8 Å². The fourth-order valence-corrected chi connectivity index (χ4v) is 3.69. The van der Waals surface area contributed by atoms with Crippen molar-refractivity contribution in [3.8, 4) is 11.1 Å². The smallest absolute Gasteiger partial charge is 0.366 e. The van der Waals surface area contributed by atoms with Crippen molar-refractivity contribution in [2.24, 2.45) is 13.0 Å². The maximum atomic E-state index is 12.9. The molecule has 0 bridgehead atoms. The lowest BCUT2D eigenvalue weighted by Crippen LogP contribution is -2.47. The Balaban J connectivity index is 1.81. The maximum Gasteiger partial charge on any atom is 0.416 e. The third-order valence-electron chi connectivity index (χ3n) is 5.56. The highest BCUT2D eigenvalue weighted by molar-refractivity contribution is 5.98. The predicted molar refractivity (Wildman–Crippen MR) is 109 cm³/mol. The number of pyridine rings is 1.